The van der Waals surface area contributed by atoms with E-state index in [1.54, 1.807) is 0 Å². The highest BCUT2D eigenvalue weighted by molar-refractivity contribution is 6.28. The molecule has 0 aliphatic heterocycles. The number of carbonyl (C=O) groups excluding carboxylic acids is 1. The summed E-state index contributed by atoms with van der Waals surface area (Å²) >= 11 is 5.56. The van der Waals surface area contributed by atoms with Crippen LogP contribution in [0.5, 0.6) is 0 Å². The van der Waals surface area contributed by atoms with Crippen LogP contribution in [0.25, 0.3) is 0 Å². The van der Waals surface area contributed by atoms with Gasteiger partial charge in [-0.05, 0) is 23.7 Å². The highest BCUT2D eigenvalue weighted by Gasteiger charge is 2.08. The molecule has 0 saturated heterocycles. The Morgan fingerprint density at radius 2 is 2.18 bits per heavy atom. The molecule has 2 heterocycles. The number of rotatable bonds is 2. The van der Waals surface area contributed by atoms with E-state index in [4.69, 9.17) is 11.6 Å². The molecular weight excluding hydrogens is 246 g/mol. The molecule has 0 atom stereocenters. The highest BCUT2D eigenvalue weighted by Crippen LogP contribution is 2.06. The Balaban J connectivity index is 2.17. The van der Waals surface area contributed by atoms with Gasteiger partial charge in [-0.25, -0.2) is 15.1 Å². The Morgan fingerprint density at radius 3 is 2.82 bits per heavy atom. The van der Waals surface area contributed by atoms with Crippen molar-refractivity contribution >= 4 is 23.3 Å². The molecule has 7 nitrogen and oxygen atoms in total. The van der Waals surface area contributed by atoms with Crippen LogP contribution in [0.15, 0.2) is 29.2 Å². The third-order valence-electron chi connectivity index (χ3n) is 1.78. The zero-order chi connectivity index (χ0) is 12.3. The number of hydrogen-bond acceptors (Lipinski definition) is 5. The smallest absolute Gasteiger partial charge is 0.277 e. The van der Waals surface area contributed by atoms with Gasteiger partial charge in [-0.15, -0.1) is 0 Å². The van der Waals surface area contributed by atoms with Gasteiger partial charge in [0.2, 0.25) is 5.28 Å². The molecule has 0 bridgehead atoms. The number of hydrogen-bond donors (Lipinski definition) is 2. The fourth-order valence-electron chi connectivity index (χ4n) is 1.06. The van der Waals surface area contributed by atoms with Crippen LogP contribution in [0.3, 0.4) is 0 Å². The van der Waals surface area contributed by atoms with Gasteiger partial charge in [0, 0.05) is 12.3 Å². The molecule has 0 aromatic carbocycles. The molecular formula is C9H6ClN5O2. The van der Waals surface area contributed by atoms with Crippen molar-refractivity contribution in [1.82, 2.24) is 20.2 Å². The Bertz CT molecular complexity index is 592. The van der Waals surface area contributed by atoms with Gasteiger partial charge in [0.15, 0.2) is 0 Å². The Hall–Kier alpha value is -2.28. The molecule has 8 heteroatoms. The van der Waals surface area contributed by atoms with Crippen molar-refractivity contribution in [3.63, 3.8) is 0 Å². The third-order valence-corrected chi connectivity index (χ3v) is 1.96. The van der Waals surface area contributed by atoms with E-state index in [-0.39, 0.29) is 22.4 Å². The number of carbonyl (C=O) groups is 1. The fourth-order valence-corrected chi connectivity index (χ4v) is 1.20. The lowest BCUT2D eigenvalue weighted by Crippen LogP contribution is -2.18. The maximum absolute atomic E-state index is 11.6. The van der Waals surface area contributed by atoms with Crippen LogP contribution >= 0.6 is 11.6 Å². The van der Waals surface area contributed by atoms with Crippen molar-refractivity contribution in [2.75, 3.05) is 5.32 Å². The van der Waals surface area contributed by atoms with E-state index < -0.39 is 5.91 Å². The van der Waals surface area contributed by atoms with Gasteiger partial charge < -0.3 is 5.32 Å². The number of anilines is 1. The third kappa shape index (κ3) is 2.85. The zero-order valence-electron chi connectivity index (χ0n) is 8.35. The summed E-state index contributed by atoms with van der Waals surface area (Å²) in [4.78, 5) is 29.8. The molecule has 0 aliphatic rings. The van der Waals surface area contributed by atoms with Crippen LogP contribution in [-0.4, -0.2) is 26.1 Å². The lowest BCUT2D eigenvalue weighted by atomic mass is 10.3. The summed E-state index contributed by atoms with van der Waals surface area (Å²) in [6.07, 6.45) is 1.41. The minimum absolute atomic E-state index is 0.0252. The topological polar surface area (TPSA) is 101 Å². The summed E-state index contributed by atoms with van der Waals surface area (Å²) in [6.45, 7) is 0. The Kier molecular flexibility index (Phi) is 3.10. The summed E-state index contributed by atoms with van der Waals surface area (Å²) < 4.78 is 0. The molecule has 2 aromatic heterocycles. The predicted molar refractivity (Wildman–Crippen MR) is 59.9 cm³/mol. The maximum atomic E-state index is 11.6. The van der Waals surface area contributed by atoms with Gasteiger partial charge in [-0.3, -0.25) is 9.59 Å². The highest BCUT2D eigenvalue weighted by atomic mass is 35.5. The molecule has 0 spiro atoms. The van der Waals surface area contributed by atoms with Crippen molar-refractivity contribution in [1.29, 1.82) is 0 Å². The van der Waals surface area contributed by atoms with Crippen molar-refractivity contribution in [2.45, 2.75) is 0 Å². The molecule has 0 unspecified atom stereocenters. The average molecular weight is 252 g/mol. The minimum Gasteiger partial charge on any atom is -0.305 e. The fraction of sp³-hybridized carbons (Fsp3) is 0. The predicted octanol–water partition coefficient (Wildman–Crippen LogP) is 0.466. The van der Waals surface area contributed by atoms with Crippen molar-refractivity contribution in [2.24, 2.45) is 0 Å². The van der Waals surface area contributed by atoms with Gasteiger partial charge in [0.1, 0.15) is 11.5 Å². The molecule has 0 saturated carbocycles. The second kappa shape index (κ2) is 4.71. The summed E-state index contributed by atoms with van der Waals surface area (Å²) in [6, 6.07) is 3.99. The van der Waals surface area contributed by atoms with Gasteiger partial charge in [-0.2, -0.15) is 5.10 Å². The van der Waals surface area contributed by atoms with E-state index in [1.165, 1.54) is 24.4 Å². The van der Waals surface area contributed by atoms with Crippen molar-refractivity contribution < 1.29 is 4.79 Å². The molecule has 17 heavy (non-hydrogen) atoms. The first-order valence-corrected chi connectivity index (χ1v) is 4.88. The van der Waals surface area contributed by atoms with Gasteiger partial charge in [0.05, 0.1) is 0 Å². The molecule has 0 aliphatic carbocycles. The maximum Gasteiger partial charge on any atom is 0.277 e. The Labute approximate surface area is 99.9 Å². The van der Waals surface area contributed by atoms with Crippen LogP contribution < -0.4 is 10.9 Å². The van der Waals surface area contributed by atoms with Crippen LogP contribution in [-0.2, 0) is 0 Å². The van der Waals surface area contributed by atoms with Gasteiger partial charge in [0.25, 0.3) is 11.5 Å². The number of aromatic nitrogens is 4. The van der Waals surface area contributed by atoms with E-state index in [0.717, 1.165) is 0 Å². The van der Waals surface area contributed by atoms with E-state index in [1.807, 2.05) is 0 Å². The number of nitrogens with one attached hydrogen (secondary N) is 2. The number of amides is 1. The molecule has 1 amide bonds. The SMILES string of the molecule is O=C(Nc1ccnc(Cl)n1)c1ccc(=O)[nH]n1. The molecule has 2 aromatic rings. The monoisotopic (exact) mass is 251 g/mol. The molecule has 86 valence electrons. The van der Waals surface area contributed by atoms with Crippen molar-refractivity contribution in [3.8, 4) is 0 Å². The van der Waals surface area contributed by atoms with Crippen molar-refractivity contribution in [3.05, 3.63) is 45.7 Å². The van der Waals surface area contributed by atoms with E-state index in [2.05, 4.69) is 25.5 Å². The van der Waals surface area contributed by atoms with Gasteiger partial charge >= 0.3 is 0 Å². The summed E-state index contributed by atoms with van der Waals surface area (Å²) in [5, 5.41) is 8.21. The molecule has 2 rings (SSSR count). The number of H-pyrrole nitrogens is 1. The Morgan fingerprint density at radius 1 is 1.35 bits per heavy atom. The normalized spacial score (nSPS) is 9.94. The first-order valence-electron chi connectivity index (χ1n) is 4.51. The number of nitrogens with zero attached hydrogens (tertiary/aromatic N) is 3. The number of halogens is 1. The largest absolute Gasteiger partial charge is 0.305 e. The lowest BCUT2D eigenvalue weighted by Gasteiger charge is -2.02. The zero-order valence-corrected chi connectivity index (χ0v) is 9.10. The molecule has 2 N–H and O–H groups in total. The number of aromatic amines is 1. The van der Waals surface area contributed by atoms with E-state index in [9.17, 15) is 9.59 Å². The summed E-state index contributed by atoms with van der Waals surface area (Å²) in [5.74, 6) is -0.251. The van der Waals surface area contributed by atoms with E-state index in [0.29, 0.717) is 0 Å². The summed E-state index contributed by atoms with van der Waals surface area (Å²) in [7, 11) is 0. The van der Waals surface area contributed by atoms with Crippen LogP contribution in [0, 0.1) is 0 Å². The lowest BCUT2D eigenvalue weighted by molar-refractivity contribution is 0.102. The second-order valence-electron chi connectivity index (χ2n) is 2.97. The van der Waals surface area contributed by atoms with Crippen LogP contribution in [0.4, 0.5) is 5.82 Å². The van der Waals surface area contributed by atoms with E-state index >= 15 is 0 Å². The first-order chi connectivity index (χ1) is 8.15. The quantitative estimate of drug-likeness (QED) is 0.756. The van der Waals surface area contributed by atoms with Gasteiger partial charge in [-0.1, -0.05) is 0 Å². The van der Waals surface area contributed by atoms with Crippen LogP contribution in [0.1, 0.15) is 10.5 Å². The summed E-state index contributed by atoms with van der Waals surface area (Å²) in [5.41, 5.74) is -0.314. The van der Waals surface area contributed by atoms with Crippen LogP contribution in [0.2, 0.25) is 5.28 Å². The standard InChI is InChI=1S/C9H6ClN5O2/c10-9-11-4-3-6(13-9)12-8(17)5-1-2-7(16)15-14-5/h1-4H,(H,15,16)(H,11,12,13,17). The minimum atomic E-state index is -0.504. The second-order valence-corrected chi connectivity index (χ2v) is 3.31. The average Bonchev–Trinajstić information content (AvgIpc) is 2.29. The molecule has 0 fully saturated rings. The first kappa shape index (κ1) is 11.2. The molecule has 0 radical (unpaired) electrons.